The molecule has 0 spiro atoms. The molecule has 0 aliphatic heterocycles. The Bertz CT molecular complexity index is 518. The lowest BCUT2D eigenvalue weighted by Gasteiger charge is -2.06. The van der Waals surface area contributed by atoms with E-state index >= 15 is 0 Å². The molecule has 0 aliphatic carbocycles. The number of aryl methyl sites for hydroxylation is 1. The molecule has 16 heavy (non-hydrogen) atoms. The van der Waals surface area contributed by atoms with Gasteiger partial charge in [-0.3, -0.25) is 0 Å². The fraction of sp³-hybridized carbons (Fsp3) is 0.0769. The number of rotatable bonds is 2. The van der Waals surface area contributed by atoms with Gasteiger partial charge in [0.05, 0.1) is 0 Å². The molecule has 2 rings (SSSR count). The van der Waals surface area contributed by atoms with E-state index in [0.29, 0.717) is 5.69 Å². The average molecular weight is 213 g/mol. The van der Waals surface area contributed by atoms with Crippen LogP contribution < -0.4 is 0 Å². The Morgan fingerprint density at radius 1 is 1.06 bits per heavy atom. The second kappa shape index (κ2) is 4.14. The van der Waals surface area contributed by atoms with Crippen LogP contribution in [0.4, 0.5) is 5.69 Å². The van der Waals surface area contributed by atoms with E-state index in [1.54, 1.807) is 24.3 Å². The van der Waals surface area contributed by atoms with Crippen LogP contribution in [0.1, 0.15) is 5.56 Å². The molecule has 0 aromatic heterocycles. The summed E-state index contributed by atoms with van der Waals surface area (Å²) in [7, 11) is 0. The Labute approximate surface area is 93.3 Å². The van der Waals surface area contributed by atoms with Crippen molar-refractivity contribution in [1.82, 2.24) is 0 Å². The number of benzene rings is 2. The molecule has 0 bridgehead atoms. The van der Waals surface area contributed by atoms with E-state index in [9.17, 15) is 10.0 Å². The minimum Gasteiger partial charge on any atom is -0.508 e. The highest BCUT2D eigenvalue weighted by molar-refractivity contribution is 5.69. The van der Waals surface area contributed by atoms with Crippen LogP contribution in [0.5, 0.6) is 5.75 Å². The minimum absolute atomic E-state index is 0.243. The second-order valence-electron chi connectivity index (χ2n) is 3.64. The molecule has 2 aromatic carbocycles. The predicted octanol–water partition coefficient (Wildman–Crippen LogP) is 3.77. The van der Waals surface area contributed by atoms with Crippen molar-refractivity contribution in [2.75, 3.05) is 0 Å². The van der Waals surface area contributed by atoms with Crippen LogP contribution >= 0.6 is 0 Å². The zero-order chi connectivity index (χ0) is 11.5. The van der Waals surface area contributed by atoms with E-state index in [1.165, 1.54) is 0 Å². The smallest absolute Gasteiger partial charge is 0.115 e. The number of hydrogen-bond donors (Lipinski definition) is 1. The summed E-state index contributed by atoms with van der Waals surface area (Å²) in [6, 6.07) is 12.2. The van der Waals surface area contributed by atoms with Crippen molar-refractivity contribution in [1.29, 1.82) is 0 Å². The molecule has 0 heterocycles. The van der Waals surface area contributed by atoms with Crippen LogP contribution in [0.25, 0.3) is 11.1 Å². The van der Waals surface area contributed by atoms with Gasteiger partial charge >= 0.3 is 0 Å². The summed E-state index contributed by atoms with van der Waals surface area (Å²) in [5.41, 5.74) is 3.46. The van der Waals surface area contributed by atoms with E-state index in [2.05, 4.69) is 5.18 Å². The van der Waals surface area contributed by atoms with Gasteiger partial charge in [0.1, 0.15) is 11.4 Å². The third-order valence-corrected chi connectivity index (χ3v) is 2.49. The first-order valence-electron chi connectivity index (χ1n) is 4.94. The Kier molecular flexibility index (Phi) is 2.68. The highest BCUT2D eigenvalue weighted by Gasteiger charge is 2.03. The van der Waals surface area contributed by atoms with E-state index in [4.69, 9.17) is 0 Å². The minimum atomic E-state index is 0.243. The Morgan fingerprint density at radius 3 is 2.31 bits per heavy atom. The van der Waals surface area contributed by atoms with E-state index in [-0.39, 0.29) is 5.75 Å². The molecule has 0 radical (unpaired) electrons. The lowest BCUT2D eigenvalue weighted by atomic mass is 10.00. The summed E-state index contributed by atoms with van der Waals surface area (Å²) in [5.74, 6) is 0.243. The summed E-state index contributed by atoms with van der Waals surface area (Å²) in [6.45, 7) is 1.93. The molecule has 0 atom stereocenters. The zero-order valence-electron chi connectivity index (χ0n) is 8.84. The monoisotopic (exact) mass is 213 g/mol. The molecular formula is C13H11NO2. The molecule has 0 fully saturated rings. The number of nitroso groups, excluding NO2 is 1. The highest BCUT2D eigenvalue weighted by atomic mass is 16.3. The molecule has 0 saturated carbocycles. The van der Waals surface area contributed by atoms with Gasteiger partial charge in [-0.15, -0.1) is 4.91 Å². The maximum absolute atomic E-state index is 10.4. The molecular weight excluding hydrogens is 202 g/mol. The van der Waals surface area contributed by atoms with Gasteiger partial charge in [0.25, 0.3) is 0 Å². The summed E-state index contributed by atoms with van der Waals surface area (Å²) in [6.07, 6.45) is 0. The normalized spacial score (nSPS) is 10.1. The number of phenols is 1. The molecule has 1 N–H and O–H groups in total. The Hall–Kier alpha value is -2.16. The van der Waals surface area contributed by atoms with E-state index < -0.39 is 0 Å². The van der Waals surface area contributed by atoms with Gasteiger partial charge in [-0.1, -0.05) is 18.2 Å². The van der Waals surface area contributed by atoms with Crippen molar-refractivity contribution < 1.29 is 5.11 Å². The first-order valence-corrected chi connectivity index (χ1v) is 4.94. The third kappa shape index (κ3) is 1.93. The van der Waals surface area contributed by atoms with Crippen LogP contribution in [-0.2, 0) is 0 Å². The van der Waals surface area contributed by atoms with Crippen molar-refractivity contribution in [2.45, 2.75) is 6.92 Å². The zero-order valence-corrected chi connectivity index (χ0v) is 8.84. The molecule has 0 aliphatic rings. The molecule has 3 heteroatoms. The fourth-order valence-corrected chi connectivity index (χ4v) is 1.67. The van der Waals surface area contributed by atoms with E-state index in [1.807, 2.05) is 25.1 Å². The van der Waals surface area contributed by atoms with Crippen molar-refractivity contribution in [2.24, 2.45) is 5.18 Å². The van der Waals surface area contributed by atoms with Crippen molar-refractivity contribution in [3.05, 3.63) is 52.9 Å². The highest BCUT2D eigenvalue weighted by Crippen LogP contribution is 2.27. The summed E-state index contributed by atoms with van der Waals surface area (Å²) in [4.78, 5) is 10.4. The van der Waals surface area contributed by atoms with Crippen molar-refractivity contribution >= 4 is 5.69 Å². The van der Waals surface area contributed by atoms with Gasteiger partial charge in [-0.05, 0) is 53.1 Å². The van der Waals surface area contributed by atoms with Gasteiger partial charge in [-0.2, -0.15) is 0 Å². The van der Waals surface area contributed by atoms with E-state index in [0.717, 1.165) is 16.7 Å². The van der Waals surface area contributed by atoms with Crippen LogP contribution in [0.3, 0.4) is 0 Å². The van der Waals surface area contributed by atoms with Crippen molar-refractivity contribution in [3.8, 4) is 16.9 Å². The van der Waals surface area contributed by atoms with Crippen LogP contribution in [0.15, 0.2) is 47.6 Å². The predicted molar refractivity (Wildman–Crippen MR) is 63.7 cm³/mol. The Morgan fingerprint density at radius 2 is 1.75 bits per heavy atom. The molecule has 3 nitrogen and oxygen atoms in total. The number of nitrogens with zero attached hydrogens (tertiary/aromatic N) is 1. The largest absolute Gasteiger partial charge is 0.508 e. The van der Waals surface area contributed by atoms with Gasteiger partial charge in [0.2, 0.25) is 0 Å². The Balaban J connectivity index is 2.48. The van der Waals surface area contributed by atoms with Crippen LogP contribution in [0, 0.1) is 11.8 Å². The summed E-state index contributed by atoms with van der Waals surface area (Å²) in [5, 5.41) is 12.1. The van der Waals surface area contributed by atoms with Crippen molar-refractivity contribution in [3.63, 3.8) is 0 Å². The number of hydrogen-bond acceptors (Lipinski definition) is 3. The molecule has 0 unspecified atom stereocenters. The SMILES string of the molecule is Cc1cc(N=O)ccc1-c1ccc(O)cc1. The molecule has 0 saturated heterocycles. The lowest BCUT2D eigenvalue weighted by molar-refractivity contribution is 0.475. The standard InChI is InChI=1S/C13H11NO2/c1-9-8-11(14-16)4-7-13(9)10-2-5-12(15)6-3-10/h2-8,15H,1H3. The number of aromatic hydroxyl groups is 1. The lowest BCUT2D eigenvalue weighted by Crippen LogP contribution is -1.82. The first kappa shape index (κ1) is 10.4. The number of phenolic OH excluding ortho intramolecular Hbond substituents is 1. The average Bonchev–Trinajstić information content (AvgIpc) is 2.30. The van der Waals surface area contributed by atoms with Crippen LogP contribution in [-0.4, -0.2) is 5.11 Å². The maximum atomic E-state index is 10.4. The second-order valence-corrected chi connectivity index (χ2v) is 3.64. The fourth-order valence-electron chi connectivity index (χ4n) is 1.67. The van der Waals surface area contributed by atoms with Gasteiger partial charge < -0.3 is 5.11 Å². The van der Waals surface area contributed by atoms with Gasteiger partial charge in [-0.25, -0.2) is 0 Å². The summed E-state index contributed by atoms with van der Waals surface area (Å²) >= 11 is 0. The summed E-state index contributed by atoms with van der Waals surface area (Å²) < 4.78 is 0. The molecule has 2 aromatic rings. The molecule has 80 valence electrons. The maximum Gasteiger partial charge on any atom is 0.115 e. The van der Waals surface area contributed by atoms with Gasteiger partial charge in [0.15, 0.2) is 0 Å². The molecule has 0 amide bonds. The van der Waals surface area contributed by atoms with Gasteiger partial charge in [0, 0.05) is 0 Å². The third-order valence-electron chi connectivity index (χ3n) is 2.49. The quantitative estimate of drug-likeness (QED) is 0.772. The topological polar surface area (TPSA) is 49.7 Å². The first-order chi connectivity index (χ1) is 7.70. The van der Waals surface area contributed by atoms with Crippen LogP contribution in [0.2, 0.25) is 0 Å².